The quantitative estimate of drug-likeness (QED) is 0.228. The van der Waals surface area contributed by atoms with Crippen molar-refractivity contribution in [2.24, 2.45) is 5.92 Å². The van der Waals surface area contributed by atoms with Gasteiger partial charge in [0.25, 0.3) is 11.1 Å². The highest BCUT2D eigenvalue weighted by Gasteiger charge is 2.42. The molecule has 4 N–H and O–H groups in total. The van der Waals surface area contributed by atoms with Crippen LogP contribution in [-0.2, 0) is 4.74 Å². The number of unbranched alkanes of at least 4 members (excludes halogenated alkanes) is 4. The van der Waals surface area contributed by atoms with E-state index in [-0.39, 0.29) is 33.7 Å². The third kappa shape index (κ3) is 8.23. The number of rotatable bonds is 13. The van der Waals surface area contributed by atoms with Crippen LogP contribution in [0.1, 0.15) is 79.9 Å². The Bertz CT molecular complexity index is 1180. The number of likely N-dealkylation sites (tertiary alicyclic amines) is 1. The van der Waals surface area contributed by atoms with E-state index in [1.165, 1.54) is 24.1 Å². The molecule has 4 aliphatic rings. The van der Waals surface area contributed by atoms with Crippen LogP contribution in [0.2, 0.25) is 0 Å². The highest BCUT2D eigenvalue weighted by Crippen LogP contribution is 2.38. The molecule has 0 bridgehead atoms. The lowest BCUT2D eigenvalue weighted by Crippen LogP contribution is -2.58. The van der Waals surface area contributed by atoms with E-state index >= 15 is 0 Å². The molecule has 3 fully saturated rings. The molecule has 43 heavy (non-hydrogen) atoms. The van der Waals surface area contributed by atoms with Crippen molar-refractivity contribution in [1.82, 2.24) is 20.4 Å². The van der Waals surface area contributed by atoms with Crippen LogP contribution in [0.3, 0.4) is 0 Å². The Hall–Kier alpha value is -1.89. The van der Waals surface area contributed by atoms with Crippen molar-refractivity contribution >= 4 is 34.2 Å². The molecular formula is C32H48N4O5S2. The third-order valence-electron chi connectivity index (χ3n) is 9.22. The summed E-state index contributed by atoms with van der Waals surface area (Å²) in [6.07, 6.45) is 10.6. The van der Waals surface area contributed by atoms with Crippen molar-refractivity contribution in [3.05, 3.63) is 45.5 Å². The van der Waals surface area contributed by atoms with Crippen LogP contribution in [0, 0.1) is 5.92 Å². The molecule has 2 amide bonds. The lowest BCUT2D eigenvalue weighted by molar-refractivity contribution is -0.127. The number of thiophene rings is 1. The first kappa shape index (κ1) is 32.5. The van der Waals surface area contributed by atoms with E-state index in [1.807, 2.05) is 10.3 Å². The van der Waals surface area contributed by atoms with Gasteiger partial charge in [-0.1, -0.05) is 50.9 Å². The van der Waals surface area contributed by atoms with Gasteiger partial charge in [0.05, 0.1) is 41.4 Å². The zero-order valence-electron chi connectivity index (χ0n) is 25.6. The molecule has 0 radical (unpaired) electrons. The number of nitrogens with one attached hydrogen (secondary N) is 2. The predicted octanol–water partition coefficient (Wildman–Crippen LogP) is 4.86. The van der Waals surface area contributed by atoms with E-state index in [1.54, 1.807) is 23.5 Å². The molecule has 0 saturated carbocycles. The van der Waals surface area contributed by atoms with Gasteiger partial charge in [-0.05, 0) is 56.8 Å². The van der Waals surface area contributed by atoms with Gasteiger partial charge in [-0.3, -0.25) is 9.59 Å². The van der Waals surface area contributed by atoms with E-state index in [2.05, 4.69) is 35.4 Å². The van der Waals surface area contributed by atoms with Gasteiger partial charge in [0, 0.05) is 42.4 Å². The number of morpholine rings is 1. The van der Waals surface area contributed by atoms with Crippen LogP contribution in [0.15, 0.2) is 35.1 Å². The van der Waals surface area contributed by atoms with Gasteiger partial charge < -0.3 is 35.4 Å². The van der Waals surface area contributed by atoms with E-state index in [0.29, 0.717) is 37.9 Å². The normalized spacial score (nSPS) is 24.6. The molecule has 1 aliphatic carbocycles. The number of amides is 2. The second-order valence-corrected chi connectivity index (χ2v) is 14.8. The summed E-state index contributed by atoms with van der Waals surface area (Å²) in [6.45, 7) is 10.8. The first-order valence-corrected chi connectivity index (χ1v) is 17.7. The molecule has 238 valence electrons. The largest absolute Gasteiger partial charge is 0.506 e. The molecule has 0 aromatic carbocycles. The topological polar surface area (TPSA) is 114 Å². The van der Waals surface area contributed by atoms with Crippen LogP contribution in [-0.4, -0.2) is 101 Å². The summed E-state index contributed by atoms with van der Waals surface area (Å²) in [5.74, 6) is 0.470. The highest BCUT2D eigenvalue weighted by atomic mass is 32.2. The zero-order valence-corrected chi connectivity index (χ0v) is 27.2. The molecular weight excluding hydrogens is 585 g/mol. The van der Waals surface area contributed by atoms with Crippen molar-refractivity contribution in [1.29, 1.82) is 0 Å². The van der Waals surface area contributed by atoms with Crippen LogP contribution in [0.5, 0.6) is 0 Å². The Kier molecular flexibility index (Phi) is 11.3. The van der Waals surface area contributed by atoms with Crippen molar-refractivity contribution in [3.8, 4) is 0 Å². The molecule has 1 aromatic rings. The summed E-state index contributed by atoms with van der Waals surface area (Å²) in [6, 6.07) is 2.07. The number of thioether (sulfide) groups is 1. The average Bonchev–Trinajstić information content (AvgIpc) is 3.65. The van der Waals surface area contributed by atoms with Gasteiger partial charge >= 0.3 is 0 Å². The number of ether oxygens (including phenoxy) is 1. The smallest absolute Gasteiger partial charge is 0.284 e. The number of piperidine rings is 1. The molecule has 1 aromatic heterocycles. The van der Waals surface area contributed by atoms with E-state index < -0.39 is 6.10 Å². The molecule has 1 spiro atoms. The van der Waals surface area contributed by atoms with E-state index in [4.69, 9.17) is 4.74 Å². The molecule has 5 rings (SSSR count). The predicted molar refractivity (Wildman–Crippen MR) is 173 cm³/mol. The fourth-order valence-corrected chi connectivity index (χ4v) is 8.57. The van der Waals surface area contributed by atoms with Crippen LogP contribution >= 0.6 is 23.1 Å². The summed E-state index contributed by atoms with van der Waals surface area (Å²) < 4.78 is 6.31. The van der Waals surface area contributed by atoms with Gasteiger partial charge in [-0.2, -0.15) is 0 Å². The SMILES string of the molecule is CC(C)c1cc(C(=O)N2CCOC3(CCN(CCCCCCCNC[C@H](O)C4C=CC(O)=C5NC(=O)SC54)CC3)C2)cs1. The minimum absolute atomic E-state index is 0.0804. The highest BCUT2D eigenvalue weighted by molar-refractivity contribution is 8.14. The van der Waals surface area contributed by atoms with E-state index in [0.717, 1.165) is 69.2 Å². The maximum absolute atomic E-state index is 13.2. The maximum atomic E-state index is 13.2. The lowest BCUT2D eigenvalue weighted by Gasteiger charge is -2.47. The fraction of sp³-hybridized carbons (Fsp3) is 0.688. The zero-order chi connectivity index (χ0) is 30.4. The lowest BCUT2D eigenvalue weighted by atomic mass is 9.89. The number of carbonyl (C=O) groups excluding carboxylic acids is 2. The molecule has 2 unspecified atom stereocenters. The van der Waals surface area contributed by atoms with Gasteiger partial charge in [-0.25, -0.2) is 0 Å². The minimum atomic E-state index is -0.616. The monoisotopic (exact) mass is 632 g/mol. The second-order valence-electron chi connectivity index (χ2n) is 12.7. The average molecular weight is 633 g/mol. The number of fused-ring (bicyclic) bond motifs is 1. The molecule has 11 heteroatoms. The standard InChI is InChI=1S/C32H48N4O5S2/c1-22(2)27-18-23(20-42-27)30(39)36-16-17-41-32(21-36)10-14-35(15-11-32)13-7-5-3-4-6-12-33-19-26(38)24-8-9-25(37)28-29(24)43-31(40)34-28/h8-9,18,20,22,24,26,29,33,37-38H,3-7,10-17,19,21H2,1-2H3,(H,34,40)/t24?,26-,29?/m0/s1. The molecule has 4 heterocycles. The Morgan fingerprint density at radius 2 is 1.95 bits per heavy atom. The Labute approximate surface area is 264 Å². The summed E-state index contributed by atoms with van der Waals surface area (Å²) in [5.41, 5.74) is 1.15. The number of nitrogens with zero attached hydrogens (tertiary/aromatic N) is 2. The summed E-state index contributed by atoms with van der Waals surface area (Å²) in [5, 5.41) is 28.3. The number of aliphatic hydroxyl groups is 2. The number of carbonyl (C=O) groups is 2. The van der Waals surface area contributed by atoms with Crippen LogP contribution < -0.4 is 10.6 Å². The number of hydrogen-bond donors (Lipinski definition) is 4. The number of hydrogen-bond acceptors (Lipinski definition) is 9. The molecule has 9 nitrogen and oxygen atoms in total. The van der Waals surface area contributed by atoms with Gasteiger partial charge in [-0.15, -0.1) is 11.3 Å². The molecule has 3 aliphatic heterocycles. The molecule has 3 saturated heterocycles. The van der Waals surface area contributed by atoms with Crippen molar-refractivity contribution < 1.29 is 24.5 Å². The van der Waals surface area contributed by atoms with Crippen LogP contribution in [0.25, 0.3) is 0 Å². The molecule has 3 atom stereocenters. The summed E-state index contributed by atoms with van der Waals surface area (Å²) in [4.78, 5) is 30.8. The minimum Gasteiger partial charge on any atom is -0.506 e. The van der Waals surface area contributed by atoms with Crippen molar-refractivity contribution in [2.45, 2.75) is 81.7 Å². The Morgan fingerprint density at radius 1 is 1.19 bits per heavy atom. The van der Waals surface area contributed by atoms with Crippen molar-refractivity contribution in [2.75, 3.05) is 52.4 Å². The fourth-order valence-electron chi connectivity index (χ4n) is 6.55. The van der Waals surface area contributed by atoms with Gasteiger partial charge in [0.15, 0.2) is 0 Å². The van der Waals surface area contributed by atoms with Gasteiger partial charge in [0.2, 0.25) is 0 Å². The maximum Gasteiger partial charge on any atom is 0.284 e. The van der Waals surface area contributed by atoms with Gasteiger partial charge in [0.1, 0.15) is 5.76 Å². The second kappa shape index (κ2) is 14.9. The summed E-state index contributed by atoms with van der Waals surface area (Å²) >= 11 is 2.81. The first-order chi connectivity index (χ1) is 20.7. The third-order valence-corrected chi connectivity index (χ3v) is 11.6. The Morgan fingerprint density at radius 3 is 2.72 bits per heavy atom. The Balaban J connectivity index is 0.911. The number of allylic oxidation sites excluding steroid dienone is 1. The first-order valence-electron chi connectivity index (χ1n) is 16.0. The summed E-state index contributed by atoms with van der Waals surface area (Å²) in [7, 11) is 0. The van der Waals surface area contributed by atoms with Crippen molar-refractivity contribution in [3.63, 3.8) is 0 Å². The van der Waals surface area contributed by atoms with Crippen LogP contribution in [0.4, 0.5) is 4.79 Å². The van der Waals surface area contributed by atoms with E-state index in [9.17, 15) is 19.8 Å². The number of aliphatic hydroxyl groups excluding tert-OH is 2.